The first-order chi connectivity index (χ1) is 16.7. The maximum absolute atomic E-state index is 6.39. The number of nitrogens with two attached hydrogens (primary N) is 1. The van der Waals surface area contributed by atoms with E-state index >= 15 is 0 Å². The van der Waals surface area contributed by atoms with E-state index in [0.29, 0.717) is 16.5 Å². The van der Waals surface area contributed by atoms with Crippen LogP contribution >= 0.6 is 11.6 Å². The highest BCUT2D eigenvalue weighted by Crippen LogP contribution is 2.44. The standard InChI is InChI=1S/C29H22ClN3O/c30-18-13-14-24(31)28(15-18)34-27-12-6-3-9-21(27)29(22-16-32-25-10-4-1-7-19(22)25)23-17-33-26-11-5-2-8-20(23)26/h1-17,29,32-33H,31H2. The lowest BCUT2D eigenvalue weighted by atomic mass is 9.84. The van der Waals surface area contributed by atoms with Gasteiger partial charge in [-0.25, -0.2) is 0 Å². The van der Waals surface area contributed by atoms with Gasteiger partial charge in [-0.15, -0.1) is 0 Å². The number of fused-ring (bicyclic) bond motifs is 2. The summed E-state index contributed by atoms with van der Waals surface area (Å²) in [6, 6.07) is 30.1. The normalized spacial score (nSPS) is 11.5. The summed E-state index contributed by atoms with van der Waals surface area (Å²) in [5.74, 6) is 1.19. The number of aromatic amines is 2. The van der Waals surface area contributed by atoms with Gasteiger partial charge in [-0.3, -0.25) is 0 Å². The summed E-state index contributed by atoms with van der Waals surface area (Å²) < 4.78 is 6.39. The van der Waals surface area contributed by atoms with Gasteiger partial charge in [0, 0.05) is 56.8 Å². The maximum Gasteiger partial charge on any atom is 0.151 e. The predicted octanol–water partition coefficient (Wildman–Crippen LogP) is 7.86. The number of ether oxygens (including phenoxy) is 1. The second-order valence-electron chi connectivity index (χ2n) is 8.33. The Kier molecular flexibility index (Phi) is 5.01. The lowest BCUT2D eigenvalue weighted by molar-refractivity contribution is 0.478. The van der Waals surface area contributed by atoms with Gasteiger partial charge in [0.2, 0.25) is 0 Å². The third-order valence-corrected chi connectivity index (χ3v) is 6.53. The molecule has 0 saturated heterocycles. The zero-order valence-electron chi connectivity index (χ0n) is 18.3. The van der Waals surface area contributed by atoms with Crippen molar-refractivity contribution in [1.29, 1.82) is 0 Å². The van der Waals surface area contributed by atoms with Gasteiger partial charge in [0.25, 0.3) is 0 Å². The molecule has 4 nitrogen and oxygen atoms in total. The summed E-state index contributed by atoms with van der Waals surface area (Å²) >= 11 is 6.23. The summed E-state index contributed by atoms with van der Waals surface area (Å²) in [5.41, 5.74) is 12.3. The van der Waals surface area contributed by atoms with Crippen molar-refractivity contribution in [1.82, 2.24) is 9.97 Å². The number of benzene rings is 4. The van der Waals surface area contributed by atoms with Crippen LogP contribution in [0.2, 0.25) is 5.02 Å². The minimum absolute atomic E-state index is 0.0797. The van der Waals surface area contributed by atoms with Gasteiger partial charge in [0.05, 0.1) is 5.69 Å². The van der Waals surface area contributed by atoms with E-state index in [0.717, 1.165) is 22.3 Å². The minimum atomic E-state index is -0.0797. The number of rotatable bonds is 5. The fourth-order valence-corrected chi connectivity index (χ4v) is 4.86. The Morgan fingerprint density at radius 2 is 1.24 bits per heavy atom. The molecule has 0 radical (unpaired) electrons. The predicted molar refractivity (Wildman–Crippen MR) is 140 cm³/mol. The van der Waals surface area contributed by atoms with Crippen LogP contribution in [0.1, 0.15) is 22.6 Å². The molecule has 0 unspecified atom stereocenters. The summed E-state index contributed by atoms with van der Waals surface area (Å²) in [5, 5.41) is 2.93. The highest BCUT2D eigenvalue weighted by atomic mass is 35.5. The SMILES string of the molecule is Nc1ccc(Cl)cc1Oc1ccccc1C(c1c[nH]c2ccccc12)c1c[nH]c2ccccc12. The average Bonchev–Trinajstić information content (AvgIpc) is 3.48. The fraction of sp³-hybridized carbons (Fsp3) is 0.0345. The number of H-pyrrole nitrogens is 2. The second-order valence-corrected chi connectivity index (χ2v) is 8.77. The van der Waals surface area contributed by atoms with E-state index in [1.807, 2.05) is 30.3 Å². The Balaban J connectivity index is 1.58. The maximum atomic E-state index is 6.39. The van der Waals surface area contributed by atoms with Crippen molar-refractivity contribution in [2.24, 2.45) is 0 Å². The van der Waals surface area contributed by atoms with Crippen LogP contribution in [0.4, 0.5) is 5.69 Å². The van der Waals surface area contributed by atoms with Crippen molar-refractivity contribution < 1.29 is 4.74 Å². The second kappa shape index (κ2) is 8.32. The first-order valence-corrected chi connectivity index (χ1v) is 11.5. The van der Waals surface area contributed by atoms with E-state index in [2.05, 4.69) is 64.8 Å². The Hall–Kier alpha value is -4.15. The van der Waals surface area contributed by atoms with Crippen molar-refractivity contribution in [3.05, 3.63) is 125 Å². The van der Waals surface area contributed by atoms with Crippen LogP contribution in [0, 0.1) is 0 Å². The van der Waals surface area contributed by atoms with E-state index in [4.69, 9.17) is 22.1 Å². The van der Waals surface area contributed by atoms with Crippen molar-refractivity contribution >= 4 is 39.1 Å². The molecule has 6 rings (SSSR count). The molecular weight excluding hydrogens is 442 g/mol. The largest absolute Gasteiger partial charge is 0.455 e. The molecule has 34 heavy (non-hydrogen) atoms. The van der Waals surface area contributed by atoms with Crippen LogP contribution in [0.15, 0.2) is 103 Å². The highest BCUT2D eigenvalue weighted by Gasteiger charge is 2.26. The quantitative estimate of drug-likeness (QED) is 0.228. The molecule has 2 heterocycles. The lowest BCUT2D eigenvalue weighted by Crippen LogP contribution is -2.05. The van der Waals surface area contributed by atoms with Crippen LogP contribution < -0.4 is 10.5 Å². The van der Waals surface area contributed by atoms with Crippen molar-refractivity contribution in [2.75, 3.05) is 5.73 Å². The van der Waals surface area contributed by atoms with Gasteiger partial charge in [0.1, 0.15) is 5.75 Å². The molecule has 6 aromatic rings. The summed E-state index contributed by atoms with van der Waals surface area (Å²) in [6.07, 6.45) is 4.20. The van der Waals surface area contributed by atoms with Crippen LogP contribution in [-0.2, 0) is 0 Å². The van der Waals surface area contributed by atoms with Gasteiger partial charge in [-0.05, 0) is 41.5 Å². The molecule has 0 spiro atoms. The summed E-state index contributed by atoms with van der Waals surface area (Å²) in [6.45, 7) is 0. The van der Waals surface area contributed by atoms with Gasteiger partial charge in [0.15, 0.2) is 5.75 Å². The molecule has 0 saturated carbocycles. The number of hydrogen-bond donors (Lipinski definition) is 3. The molecule has 0 aliphatic carbocycles. The van der Waals surface area contributed by atoms with E-state index in [-0.39, 0.29) is 5.92 Å². The number of para-hydroxylation sites is 3. The third-order valence-electron chi connectivity index (χ3n) is 6.29. The Morgan fingerprint density at radius 1 is 0.647 bits per heavy atom. The van der Waals surface area contributed by atoms with Gasteiger partial charge in [-0.2, -0.15) is 0 Å². The number of aromatic nitrogens is 2. The molecule has 0 fully saturated rings. The molecular formula is C29H22ClN3O. The Bertz CT molecular complexity index is 1560. The molecule has 4 N–H and O–H groups in total. The third kappa shape index (κ3) is 3.49. The smallest absolute Gasteiger partial charge is 0.151 e. The average molecular weight is 464 g/mol. The number of anilines is 1. The van der Waals surface area contributed by atoms with E-state index in [9.17, 15) is 0 Å². The van der Waals surface area contributed by atoms with Gasteiger partial charge in [-0.1, -0.05) is 66.2 Å². The van der Waals surface area contributed by atoms with Crippen molar-refractivity contribution in [3.63, 3.8) is 0 Å². The molecule has 0 bridgehead atoms. The number of hydrogen-bond acceptors (Lipinski definition) is 2. The van der Waals surface area contributed by atoms with Crippen LogP contribution in [0.25, 0.3) is 21.8 Å². The van der Waals surface area contributed by atoms with Crippen molar-refractivity contribution in [2.45, 2.75) is 5.92 Å². The molecule has 0 aliphatic rings. The van der Waals surface area contributed by atoms with E-state index in [1.165, 1.54) is 21.9 Å². The zero-order chi connectivity index (χ0) is 23.1. The molecule has 0 amide bonds. The first kappa shape index (κ1) is 20.5. The molecule has 2 aromatic heterocycles. The van der Waals surface area contributed by atoms with Gasteiger partial charge >= 0.3 is 0 Å². The van der Waals surface area contributed by atoms with Crippen LogP contribution in [0.3, 0.4) is 0 Å². The van der Waals surface area contributed by atoms with Gasteiger partial charge < -0.3 is 20.4 Å². The number of nitrogens with one attached hydrogen (secondary N) is 2. The Morgan fingerprint density at radius 3 is 1.91 bits per heavy atom. The van der Waals surface area contributed by atoms with Crippen LogP contribution in [-0.4, -0.2) is 9.97 Å². The fourth-order valence-electron chi connectivity index (χ4n) is 4.70. The molecule has 5 heteroatoms. The molecule has 166 valence electrons. The first-order valence-electron chi connectivity index (χ1n) is 11.1. The van der Waals surface area contributed by atoms with Crippen molar-refractivity contribution in [3.8, 4) is 11.5 Å². The summed E-state index contributed by atoms with van der Waals surface area (Å²) in [7, 11) is 0. The molecule has 0 atom stereocenters. The lowest BCUT2D eigenvalue weighted by Gasteiger charge is -2.21. The topological polar surface area (TPSA) is 66.8 Å². The summed E-state index contributed by atoms with van der Waals surface area (Å²) in [4.78, 5) is 6.89. The number of nitrogen functional groups attached to an aromatic ring is 1. The zero-order valence-corrected chi connectivity index (χ0v) is 19.0. The van der Waals surface area contributed by atoms with Crippen LogP contribution in [0.5, 0.6) is 11.5 Å². The Labute approximate surface area is 202 Å². The highest BCUT2D eigenvalue weighted by molar-refractivity contribution is 6.30. The molecule has 4 aromatic carbocycles. The molecule has 0 aliphatic heterocycles. The van der Waals surface area contributed by atoms with E-state index < -0.39 is 0 Å². The monoisotopic (exact) mass is 463 g/mol. The number of halogens is 1. The minimum Gasteiger partial charge on any atom is -0.455 e. The van der Waals surface area contributed by atoms with E-state index in [1.54, 1.807) is 18.2 Å².